The molecule has 0 radical (unpaired) electrons. The van der Waals surface area contributed by atoms with Gasteiger partial charge in [-0.1, -0.05) is 18.2 Å². The van der Waals surface area contributed by atoms with E-state index in [2.05, 4.69) is 10.4 Å². The Balaban J connectivity index is 1.99. The summed E-state index contributed by atoms with van der Waals surface area (Å²) in [4.78, 5) is 11.9. The zero-order chi connectivity index (χ0) is 14.6. The Labute approximate surface area is 123 Å². The first-order valence-electron chi connectivity index (χ1n) is 6.46. The molecule has 20 heavy (non-hydrogen) atoms. The number of nitrogens with zero attached hydrogens (tertiary/aromatic N) is 2. The highest BCUT2D eigenvalue weighted by atomic mass is 35.5. The molecule has 1 aromatic heterocycles. The lowest BCUT2D eigenvalue weighted by molar-refractivity contribution is -0.128. The molecule has 2 rings (SSSR count). The van der Waals surface area contributed by atoms with Crippen molar-refractivity contribution in [3.05, 3.63) is 48.3 Å². The van der Waals surface area contributed by atoms with Crippen LogP contribution >= 0.6 is 11.6 Å². The monoisotopic (exact) mass is 291 g/mol. The second-order valence-electron chi connectivity index (χ2n) is 5.33. The molecule has 0 fully saturated rings. The molecule has 0 spiro atoms. The third kappa shape index (κ3) is 3.39. The Kier molecular flexibility index (Phi) is 4.45. The topological polar surface area (TPSA) is 46.9 Å². The van der Waals surface area contributed by atoms with Crippen LogP contribution in [0.25, 0.3) is 5.69 Å². The summed E-state index contributed by atoms with van der Waals surface area (Å²) in [5.74, 6) is 0.238. The van der Waals surface area contributed by atoms with Gasteiger partial charge in [0.25, 0.3) is 0 Å². The van der Waals surface area contributed by atoms with Gasteiger partial charge in [0.2, 0.25) is 5.91 Å². The summed E-state index contributed by atoms with van der Waals surface area (Å²) >= 11 is 5.78. The van der Waals surface area contributed by atoms with Crippen LogP contribution in [0.15, 0.2) is 42.7 Å². The van der Waals surface area contributed by atoms with Gasteiger partial charge in [-0.2, -0.15) is 5.10 Å². The van der Waals surface area contributed by atoms with Crippen molar-refractivity contribution in [1.29, 1.82) is 0 Å². The van der Waals surface area contributed by atoms with E-state index in [1.165, 1.54) is 0 Å². The number of halogens is 1. The summed E-state index contributed by atoms with van der Waals surface area (Å²) in [5.41, 5.74) is 1.38. The number of rotatable bonds is 5. The Bertz CT molecular complexity index is 578. The van der Waals surface area contributed by atoms with Crippen LogP contribution in [0.3, 0.4) is 0 Å². The number of amides is 1. The van der Waals surface area contributed by atoms with Crippen molar-refractivity contribution in [1.82, 2.24) is 15.1 Å². The fourth-order valence-corrected chi connectivity index (χ4v) is 1.78. The summed E-state index contributed by atoms with van der Waals surface area (Å²) in [6, 6.07) is 9.84. The number of carbonyl (C=O) groups is 1. The SMILES string of the molecule is CC(C)(CCl)C(=O)NCc1cnn(-c2ccccc2)c1. The van der Waals surface area contributed by atoms with E-state index in [0.29, 0.717) is 12.4 Å². The quantitative estimate of drug-likeness (QED) is 0.861. The molecule has 1 N–H and O–H groups in total. The van der Waals surface area contributed by atoms with Crippen molar-refractivity contribution in [2.75, 3.05) is 5.88 Å². The molecule has 106 valence electrons. The van der Waals surface area contributed by atoms with Crippen LogP contribution < -0.4 is 5.32 Å². The van der Waals surface area contributed by atoms with E-state index in [1.807, 2.05) is 50.4 Å². The average molecular weight is 292 g/mol. The molecule has 1 aromatic carbocycles. The number of hydrogen-bond acceptors (Lipinski definition) is 2. The molecule has 5 heteroatoms. The Morgan fingerprint density at radius 1 is 1.35 bits per heavy atom. The van der Waals surface area contributed by atoms with Crippen molar-refractivity contribution < 1.29 is 4.79 Å². The van der Waals surface area contributed by atoms with Crippen molar-refractivity contribution >= 4 is 17.5 Å². The Hall–Kier alpha value is -1.81. The van der Waals surface area contributed by atoms with E-state index in [9.17, 15) is 4.79 Å². The van der Waals surface area contributed by atoms with Crippen LogP contribution in [0.4, 0.5) is 0 Å². The number of alkyl halides is 1. The second kappa shape index (κ2) is 6.09. The normalized spacial score (nSPS) is 11.3. The summed E-state index contributed by atoms with van der Waals surface area (Å²) in [5, 5.41) is 7.16. The zero-order valence-electron chi connectivity index (χ0n) is 11.6. The van der Waals surface area contributed by atoms with Crippen LogP contribution in [0, 0.1) is 5.41 Å². The number of carbonyl (C=O) groups excluding carboxylic acids is 1. The molecular weight excluding hydrogens is 274 g/mol. The van der Waals surface area contributed by atoms with Crippen molar-refractivity contribution in [2.24, 2.45) is 5.41 Å². The van der Waals surface area contributed by atoms with Crippen LogP contribution in [0.2, 0.25) is 0 Å². The molecule has 0 bridgehead atoms. The minimum absolute atomic E-state index is 0.0556. The van der Waals surface area contributed by atoms with Gasteiger partial charge in [-0.3, -0.25) is 4.79 Å². The first-order valence-corrected chi connectivity index (χ1v) is 6.99. The van der Waals surface area contributed by atoms with Crippen LogP contribution in [-0.4, -0.2) is 21.6 Å². The molecule has 0 aliphatic heterocycles. The minimum atomic E-state index is -0.559. The van der Waals surface area contributed by atoms with Gasteiger partial charge in [0, 0.05) is 24.2 Å². The van der Waals surface area contributed by atoms with E-state index in [-0.39, 0.29) is 5.91 Å². The number of benzene rings is 1. The maximum Gasteiger partial charge on any atom is 0.227 e. The molecule has 0 aliphatic carbocycles. The summed E-state index contributed by atoms with van der Waals surface area (Å²) in [7, 11) is 0. The van der Waals surface area contributed by atoms with Gasteiger partial charge >= 0.3 is 0 Å². The standard InChI is InChI=1S/C15H18ClN3O/c1-15(2,11-16)14(20)17-8-12-9-18-19(10-12)13-6-4-3-5-7-13/h3-7,9-10H,8,11H2,1-2H3,(H,17,20). The molecule has 0 aliphatic rings. The Morgan fingerprint density at radius 2 is 2.05 bits per heavy atom. The number of para-hydroxylation sites is 1. The molecule has 0 atom stereocenters. The molecule has 1 amide bonds. The molecule has 0 saturated carbocycles. The lowest BCUT2D eigenvalue weighted by Crippen LogP contribution is -2.37. The summed E-state index contributed by atoms with van der Waals surface area (Å²) in [6.45, 7) is 4.09. The molecule has 1 heterocycles. The zero-order valence-corrected chi connectivity index (χ0v) is 12.4. The molecule has 2 aromatic rings. The van der Waals surface area contributed by atoms with E-state index in [0.717, 1.165) is 11.3 Å². The van der Waals surface area contributed by atoms with Gasteiger partial charge in [-0.15, -0.1) is 11.6 Å². The van der Waals surface area contributed by atoms with Gasteiger partial charge in [0.05, 0.1) is 17.3 Å². The fourth-order valence-electron chi connectivity index (χ4n) is 1.66. The number of nitrogens with one attached hydrogen (secondary N) is 1. The number of hydrogen-bond donors (Lipinski definition) is 1. The van der Waals surface area contributed by atoms with E-state index in [1.54, 1.807) is 10.9 Å². The highest BCUT2D eigenvalue weighted by Crippen LogP contribution is 2.17. The maximum absolute atomic E-state index is 11.9. The van der Waals surface area contributed by atoms with Gasteiger partial charge in [-0.05, 0) is 26.0 Å². The van der Waals surface area contributed by atoms with Crippen molar-refractivity contribution in [2.45, 2.75) is 20.4 Å². The van der Waals surface area contributed by atoms with Gasteiger partial charge in [0.15, 0.2) is 0 Å². The Morgan fingerprint density at radius 3 is 2.70 bits per heavy atom. The van der Waals surface area contributed by atoms with Crippen molar-refractivity contribution in [3.63, 3.8) is 0 Å². The van der Waals surface area contributed by atoms with Crippen LogP contribution in [0.5, 0.6) is 0 Å². The number of aromatic nitrogens is 2. The molecule has 4 nitrogen and oxygen atoms in total. The highest BCUT2D eigenvalue weighted by molar-refractivity contribution is 6.19. The van der Waals surface area contributed by atoms with Gasteiger partial charge in [-0.25, -0.2) is 4.68 Å². The third-order valence-electron chi connectivity index (χ3n) is 3.06. The molecular formula is C15H18ClN3O. The van der Waals surface area contributed by atoms with Crippen LogP contribution in [0.1, 0.15) is 19.4 Å². The average Bonchev–Trinajstić information content (AvgIpc) is 2.94. The van der Waals surface area contributed by atoms with E-state index < -0.39 is 5.41 Å². The first kappa shape index (κ1) is 14.6. The summed E-state index contributed by atoms with van der Waals surface area (Å²) < 4.78 is 1.79. The highest BCUT2D eigenvalue weighted by Gasteiger charge is 2.26. The predicted molar refractivity (Wildman–Crippen MR) is 79.9 cm³/mol. The van der Waals surface area contributed by atoms with E-state index >= 15 is 0 Å². The van der Waals surface area contributed by atoms with Gasteiger partial charge in [0.1, 0.15) is 0 Å². The lowest BCUT2D eigenvalue weighted by Gasteiger charge is -2.19. The second-order valence-corrected chi connectivity index (χ2v) is 5.60. The predicted octanol–water partition coefficient (Wildman–Crippen LogP) is 2.75. The van der Waals surface area contributed by atoms with Gasteiger partial charge < -0.3 is 5.32 Å². The third-order valence-corrected chi connectivity index (χ3v) is 3.73. The summed E-state index contributed by atoms with van der Waals surface area (Å²) in [6.07, 6.45) is 3.66. The maximum atomic E-state index is 11.9. The lowest BCUT2D eigenvalue weighted by atomic mass is 9.95. The first-order chi connectivity index (χ1) is 9.53. The fraction of sp³-hybridized carbons (Fsp3) is 0.333. The smallest absolute Gasteiger partial charge is 0.227 e. The van der Waals surface area contributed by atoms with E-state index in [4.69, 9.17) is 11.6 Å². The van der Waals surface area contributed by atoms with Crippen molar-refractivity contribution in [3.8, 4) is 5.69 Å². The minimum Gasteiger partial charge on any atom is -0.351 e. The molecule has 0 saturated heterocycles. The van der Waals surface area contributed by atoms with Crippen LogP contribution in [-0.2, 0) is 11.3 Å². The largest absolute Gasteiger partial charge is 0.351 e. The molecule has 0 unspecified atom stereocenters.